The lowest BCUT2D eigenvalue weighted by molar-refractivity contribution is 0.112. The minimum atomic E-state index is 0.650. The molecule has 0 N–H and O–H groups in total. The topological polar surface area (TPSA) is 45.8 Å². The Hall–Kier alpha value is -1.86. The average molecular weight is 256 g/mol. The number of nitriles is 1. The third kappa shape index (κ3) is 1.68. The first-order valence-electron chi connectivity index (χ1n) is 5.92. The quantitative estimate of drug-likeness (QED) is 0.790. The zero-order valence-electron chi connectivity index (χ0n) is 10.0. The predicted octanol–water partition coefficient (Wildman–Crippen LogP) is 3.41. The number of aromatic nitrogens is 1. The summed E-state index contributed by atoms with van der Waals surface area (Å²) in [5, 5.41) is 10.2. The fourth-order valence-corrected chi connectivity index (χ4v) is 3.41. The molecule has 2 aromatic rings. The standard InChI is InChI=1S/C14H12N2OS/c1-9-11(8-17)4-5-16(9)14-12(7-15)6-13(18-14)10-2-3-10/h4-6,8,10H,2-3H2,1H3. The van der Waals surface area contributed by atoms with Gasteiger partial charge in [0, 0.05) is 22.3 Å². The zero-order chi connectivity index (χ0) is 12.7. The fraction of sp³-hybridized carbons (Fsp3) is 0.286. The van der Waals surface area contributed by atoms with Crippen LogP contribution in [0.2, 0.25) is 0 Å². The van der Waals surface area contributed by atoms with Crippen LogP contribution in [0, 0.1) is 18.3 Å². The molecule has 0 spiro atoms. The summed E-state index contributed by atoms with van der Waals surface area (Å²) in [5.41, 5.74) is 2.28. The Morgan fingerprint density at radius 1 is 1.56 bits per heavy atom. The Balaban J connectivity index is 2.12. The van der Waals surface area contributed by atoms with Crippen LogP contribution < -0.4 is 0 Å². The van der Waals surface area contributed by atoms with Gasteiger partial charge in [-0.3, -0.25) is 4.79 Å². The van der Waals surface area contributed by atoms with Gasteiger partial charge in [-0.25, -0.2) is 0 Å². The highest BCUT2D eigenvalue weighted by Crippen LogP contribution is 2.45. The Kier molecular flexibility index (Phi) is 2.57. The first-order chi connectivity index (χ1) is 8.74. The summed E-state index contributed by atoms with van der Waals surface area (Å²) < 4.78 is 1.94. The molecule has 1 fully saturated rings. The third-order valence-corrected chi connectivity index (χ3v) is 4.66. The van der Waals surface area contributed by atoms with Crippen LogP contribution in [0.3, 0.4) is 0 Å². The molecule has 1 aliphatic rings. The number of hydrogen-bond acceptors (Lipinski definition) is 3. The highest BCUT2D eigenvalue weighted by atomic mass is 32.1. The van der Waals surface area contributed by atoms with E-state index < -0.39 is 0 Å². The van der Waals surface area contributed by atoms with Crippen LogP contribution in [0.1, 0.15) is 45.3 Å². The van der Waals surface area contributed by atoms with E-state index in [2.05, 4.69) is 6.07 Å². The molecule has 2 heterocycles. The minimum absolute atomic E-state index is 0.650. The maximum atomic E-state index is 10.9. The lowest BCUT2D eigenvalue weighted by atomic mass is 10.2. The van der Waals surface area contributed by atoms with Gasteiger partial charge in [-0.2, -0.15) is 5.26 Å². The van der Waals surface area contributed by atoms with E-state index in [0.29, 0.717) is 17.0 Å². The van der Waals surface area contributed by atoms with Gasteiger partial charge in [0.25, 0.3) is 0 Å². The smallest absolute Gasteiger partial charge is 0.151 e. The number of hydrogen-bond donors (Lipinski definition) is 0. The van der Waals surface area contributed by atoms with E-state index in [-0.39, 0.29) is 0 Å². The van der Waals surface area contributed by atoms with Crippen molar-refractivity contribution in [1.82, 2.24) is 4.57 Å². The van der Waals surface area contributed by atoms with Crippen LogP contribution >= 0.6 is 11.3 Å². The summed E-state index contributed by atoms with van der Waals surface area (Å²) in [6.07, 6.45) is 5.18. The molecule has 1 saturated carbocycles. The largest absolute Gasteiger partial charge is 0.311 e. The number of nitrogens with zero attached hydrogens (tertiary/aromatic N) is 2. The molecule has 0 aromatic carbocycles. The maximum Gasteiger partial charge on any atom is 0.151 e. The number of carbonyl (C=O) groups is 1. The third-order valence-electron chi connectivity index (χ3n) is 3.36. The van der Waals surface area contributed by atoms with Gasteiger partial charge >= 0.3 is 0 Å². The lowest BCUT2D eigenvalue weighted by Gasteiger charge is -2.03. The molecule has 0 aliphatic heterocycles. The van der Waals surface area contributed by atoms with Crippen molar-refractivity contribution in [3.05, 3.63) is 40.0 Å². The van der Waals surface area contributed by atoms with Crippen LogP contribution in [0.4, 0.5) is 0 Å². The molecule has 3 nitrogen and oxygen atoms in total. The van der Waals surface area contributed by atoms with Crippen LogP contribution in [0.25, 0.3) is 5.00 Å². The van der Waals surface area contributed by atoms with Gasteiger partial charge in [0.05, 0.1) is 5.56 Å². The summed E-state index contributed by atoms with van der Waals surface area (Å²) in [7, 11) is 0. The van der Waals surface area contributed by atoms with Crippen molar-refractivity contribution in [3.8, 4) is 11.1 Å². The molecule has 18 heavy (non-hydrogen) atoms. The van der Waals surface area contributed by atoms with E-state index in [1.54, 1.807) is 17.4 Å². The van der Waals surface area contributed by atoms with Crippen LogP contribution in [0.5, 0.6) is 0 Å². The molecule has 3 rings (SSSR count). The van der Waals surface area contributed by atoms with Crippen molar-refractivity contribution >= 4 is 17.6 Å². The normalized spacial score (nSPS) is 14.4. The molecule has 1 aliphatic carbocycles. The van der Waals surface area contributed by atoms with E-state index in [0.717, 1.165) is 17.0 Å². The number of aldehydes is 1. The monoisotopic (exact) mass is 256 g/mol. The van der Waals surface area contributed by atoms with E-state index >= 15 is 0 Å². The van der Waals surface area contributed by atoms with Crippen LogP contribution in [-0.4, -0.2) is 10.9 Å². The summed E-state index contributed by atoms with van der Waals surface area (Å²) in [5.74, 6) is 0.650. The molecule has 4 heteroatoms. The summed E-state index contributed by atoms with van der Waals surface area (Å²) >= 11 is 1.67. The molecule has 0 amide bonds. The number of thiophene rings is 1. The fourth-order valence-electron chi connectivity index (χ4n) is 2.10. The van der Waals surface area contributed by atoms with Gasteiger partial charge < -0.3 is 4.57 Å². The van der Waals surface area contributed by atoms with Gasteiger partial charge in [-0.15, -0.1) is 11.3 Å². The molecule has 90 valence electrons. The zero-order valence-corrected chi connectivity index (χ0v) is 10.8. The minimum Gasteiger partial charge on any atom is -0.311 e. The first-order valence-corrected chi connectivity index (χ1v) is 6.73. The second-order valence-electron chi connectivity index (χ2n) is 4.60. The second-order valence-corrected chi connectivity index (χ2v) is 5.66. The van der Waals surface area contributed by atoms with Crippen molar-refractivity contribution in [2.75, 3.05) is 0 Å². The molecule has 0 radical (unpaired) electrons. The first kappa shape index (κ1) is 11.2. The van der Waals surface area contributed by atoms with E-state index in [9.17, 15) is 10.1 Å². The second kappa shape index (κ2) is 4.11. The van der Waals surface area contributed by atoms with Gasteiger partial charge in [-0.05, 0) is 37.8 Å². The molecule has 0 bridgehead atoms. The predicted molar refractivity (Wildman–Crippen MR) is 70.5 cm³/mol. The molecular weight excluding hydrogens is 244 g/mol. The van der Waals surface area contributed by atoms with Gasteiger partial charge in [0.1, 0.15) is 11.1 Å². The Morgan fingerprint density at radius 3 is 2.89 bits per heavy atom. The molecule has 2 aromatic heterocycles. The van der Waals surface area contributed by atoms with Crippen LogP contribution in [-0.2, 0) is 0 Å². The average Bonchev–Trinajstić information content (AvgIpc) is 3.04. The summed E-state index contributed by atoms with van der Waals surface area (Å²) in [6, 6.07) is 6.04. The lowest BCUT2D eigenvalue weighted by Crippen LogP contribution is -1.95. The molecule has 0 saturated heterocycles. The van der Waals surface area contributed by atoms with Gasteiger partial charge in [-0.1, -0.05) is 0 Å². The van der Waals surface area contributed by atoms with E-state index in [4.69, 9.17) is 0 Å². The maximum absolute atomic E-state index is 10.9. The van der Waals surface area contributed by atoms with Crippen molar-refractivity contribution in [3.63, 3.8) is 0 Å². The Labute approximate surface area is 109 Å². The molecular formula is C14H12N2OS. The van der Waals surface area contributed by atoms with Crippen molar-refractivity contribution < 1.29 is 4.79 Å². The molecule has 0 unspecified atom stereocenters. The summed E-state index contributed by atoms with van der Waals surface area (Å²) in [4.78, 5) is 12.2. The summed E-state index contributed by atoms with van der Waals surface area (Å²) in [6.45, 7) is 1.90. The Morgan fingerprint density at radius 2 is 2.33 bits per heavy atom. The SMILES string of the molecule is Cc1c(C=O)ccn1-c1sc(C2CC2)cc1C#N. The van der Waals surface area contributed by atoms with Crippen molar-refractivity contribution in [1.29, 1.82) is 5.26 Å². The highest BCUT2D eigenvalue weighted by Gasteiger charge is 2.27. The number of carbonyl (C=O) groups excluding carboxylic acids is 1. The Bertz CT molecular complexity index is 656. The van der Waals surface area contributed by atoms with Crippen molar-refractivity contribution in [2.45, 2.75) is 25.7 Å². The van der Waals surface area contributed by atoms with Crippen LogP contribution in [0.15, 0.2) is 18.3 Å². The van der Waals surface area contributed by atoms with Crippen molar-refractivity contribution in [2.24, 2.45) is 0 Å². The van der Waals surface area contributed by atoms with E-state index in [1.165, 1.54) is 17.7 Å². The van der Waals surface area contributed by atoms with Gasteiger partial charge in [0.15, 0.2) is 6.29 Å². The van der Waals surface area contributed by atoms with Gasteiger partial charge in [0.2, 0.25) is 0 Å². The number of rotatable bonds is 3. The highest BCUT2D eigenvalue weighted by molar-refractivity contribution is 7.14. The molecule has 0 atom stereocenters. The van der Waals surface area contributed by atoms with E-state index in [1.807, 2.05) is 23.8 Å².